The van der Waals surface area contributed by atoms with Gasteiger partial charge in [0.05, 0.1) is 0 Å². The van der Waals surface area contributed by atoms with Crippen molar-refractivity contribution in [1.82, 2.24) is 0 Å². The van der Waals surface area contributed by atoms with Crippen molar-refractivity contribution in [1.29, 1.82) is 0 Å². The largest absolute Gasteiger partial charge is 0.0747 e. The lowest BCUT2D eigenvalue weighted by Crippen LogP contribution is -1.84. The third-order valence-electron chi connectivity index (χ3n) is 2.66. The molecule has 0 rings (SSSR count). The van der Waals surface area contributed by atoms with Gasteiger partial charge < -0.3 is 0 Å². The molecule has 12 heavy (non-hydrogen) atoms. The SMILES string of the molecule is CCCCCCC(C)=C(C)CC. The molecule has 0 aliphatic carbocycles. The van der Waals surface area contributed by atoms with E-state index in [1.165, 1.54) is 38.5 Å². The van der Waals surface area contributed by atoms with Gasteiger partial charge in [-0.2, -0.15) is 0 Å². The van der Waals surface area contributed by atoms with Gasteiger partial charge in [0.25, 0.3) is 0 Å². The van der Waals surface area contributed by atoms with Crippen LogP contribution in [0.3, 0.4) is 0 Å². The predicted octanol–water partition coefficient (Wildman–Crippen LogP) is 4.70. The molecule has 0 spiro atoms. The summed E-state index contributed by atoms with van der Waals surface area (Å²) < 4.78 is 0. The number of unbranched alkanes of at least 4 members (excludes halogenated alkanes) is 3. The van der Waals surface area contributed by atoms with Gasteiger partial charge in [-0.15, -0.1) is 0 Å². The molecule has 0 fully saturated rings. The second-order valence-corrected chi connectivity index (χ2v) is 3.72. The van der Waals surface area contributed by atoms with Gasteiger partial charge in [-0.05, 0) is 33.1 Å². The minimum absolute atomic E-state index is 1.22. The first kappa shape index (κ1) is 11.7. The van der Waals surface area contributed by atoms with Crippen LogP contribution in [0.4, 0.5) is 0 Å². The molecule has 0 radical (unpaired) electrons. The van der Waals surface area contributed by atoms with Crippen LogP contribution in [0.5, 0.6) is 0 Å². The monoisotopic (exact) mass is 168 g/mol. The third kappa shape index (κ3) is 5.40. The summed E-state index contributed by atoms with van der Waals surface area (Å²) in [5.41, 5.74) is 3.21. The van der Waals surface area contributed by atoms with E-state index in [0.717, 1.165) is 0 Å². The van der Waals surface area contributed by atoms with E-state index in [0.29, 0.717) is 0 Å². The number of hydrogen-bond acceptors (Lipinski definition) is 0. The molecule has 0 heteroatoms. The van der Waals surface area contributed by atoms with Crippen molar-refractivity contribution in [2.45, 2.75) is 66.2 Å². The number of allylic oxidation sites excluding steroid dienone is 2. The Hall–Kier alpha value is -0.260. The first-order chi connectivity index (χ1) is 5.72. The molecule has 0 nitrogen and oxygen atoms in total. The molecule has 0 unspecified atom stereocenters. The van der Waals surface area contributed by atoms with Crippen LogP contribution in [0, 0.1) is 0 Å². The Kier molecular flexibility index (Phi) is 7.23. The summed E-state index contributed by atoms with van der Waals surface area (Å²) in [5, 5.41) is 0. The van der Waals surface area contributed by atoms with Crippen molar-refractivity contribution >= 4 is 0 Å². The van der Waals surface area contributed by atoms with Crippen LogP contribution in [0.1, 0.15) is 66.2 Å². The molecule has 0 aromatic rings. The zero-order valence-electron chi connectivity index (χ0n) is 9.24. The molecule has 0 atom stereocenters. The highest BCUT2D eigenvalue weighted by Gasteiger charge is 1.94. The van der Waals surface area contributed by atoms with Crippen LogP contribution >= 0.6 is 0 Å². The summed E-state index contributed by atoms with van der Waals surface area (Å²) >= 11 is 0. The van der Waals surface area contributed by atoms with E-state index in [1.54, 1.807) is 11.1 Å². The quantitative estimate of drug-likeness (QED) is 0.398. The van der Waals surface area contributed by atoms with Crippen LogP contribution in [-0.2, 0) is 0 Å². The molecule has 0 bridgehead atoms. The Bertz CT molecular complexity index is 131. The first-order valence-electron chi connectivity index (χ1n) is 5.37. The van der Waals surface area contributed by atoms with E-state index in [-0.39, 0.29) is 0 Å². The molecule has 0 N–H and O–H groups in total. The van der Waals surface area contributed by atoms with E-state index in [4.69, 9.17) is 0 Å². The number of rotatable bonds is 6. The van der Waals surface area contributed by atoms with Gasteiger partial charge in [-0.25, -0.2) is 0 Å². The maximum absolute atomic E-state index is 2.28. The minimum atomic E-state index is 1.22. The lowest BCUT2D eigenvalue weighted by Gasteiger charge is -2.04. The molecule has 0 aromatic heterocycles. The van der Waals surface area contributed by atoms with E-state index < -0.39 is 0 Å². The summed E-state index contributed by atoms with van der Waals surface area (Å²) in [4.78, 5) is 0. The molecule has 0 aliphatic rings. The first-order valence-corrected chi connectivity index (χ1v) is 5.37. The Balaban J connectivity index is 3.49. The normalized spacial score (nSPS) is 13.0. The van der Waals surface area contributed by atoms with E-state index in [2.05, 4.69) is 27.7 Å². The van der Waals surface area contributed by atoms with Gasteiger partial charge in [0, 0.05) is 0 Å². The predicted molar refractivity (Wildman–Crippen MR) is 57.4 cm³/mol. The van der Waals surface area contributed by atoms with Crippen LogP contribution in [0.15, 0.2) is 11.1 Å². The van der Waals surface area contributed by atoms with Crippen molar-refractivity contribution in [3.8, 4) is 0 Å². The third-order valence-corrected chi connectivity index (χ3v) is 2.66. The van der Waals surface area contributed by atoms with Gasteiger partial charge in [0.2, 0.25) is 0 Å². The molecule has 0 saturated heterocycles. The Morgan fingerprint density at radius 2 is 1.50 bits per heavy atom. The maximum atomic E-state index is 2.28. The van der Waals surface area contributed by atoms with Crippen LogP contribution in [0.25, 0.3) is 0 Å². The summed E-state index contributed by atoms with van der Waals surface area (Å²) in [6.45, 7) is 9.05. The number of hydrogen-bond donors (Lipinski definition) is 0. The molecule has 72 valence electrons. The maximum Gasteiger partial charge on any atom is -0.0320 e. The second-order valence-electron chi connectivity index (χ2n) is 3.72. The van der Waals surface area contributed by atoms with Gasteiger partial charge >= 0.3 is 0 Å². The highest BCUT2D eigenvalue weighted by Crippen LogP contribution is 2.15. The Morgan fingerprint density at radius 3 is 2.00 bits per heavy atom. The molecule has 0 heterocycles. The van der Waals surface area contributed by atoms with Crippen molar-refractivity contribution in [2.75, 3.05) is 0 Å². The molecule has 0 amide bonds. The van der Waals surface area contributed by atoms with Gasteiger partial charge in [-0.3, -0.25) is 0 Å². The highest BCUT2D eigenvalue weighted by molar-refractivity contribution is 5.08. The molecule has 0 aromatic carbocycles. The average molecular weight is 168 g/mol. The van der Waals surface area contributed by atoms with Gasteiger partial charge in [0.15, 0.2) is 0 Å². The second kappa shape index (κ2) is 7.39. The fraction of sp³-hybridized carbons (Fsp3) is 0.833. The standard InChI is InChI=1S/C12H24/c1-5-7-8-9-10-12(4)11(3)6-2/h5-10H2,1-4H3. The average Bonchev–Trinajstić information content (AvgIpc) is 2.10. The van der Waals surface area contributed by atoms with Crippen molar-refractivity contribution < 1.29 is 0 Å². The highest BCUT2D eigenvalue weighted by atomic mass is 14.0. The van der Waals surface area contributed by atoms with Crippen LogP contribution in [0.2, 0.25) is 0 Å². The van der Waals surface area contributed by atoms with Crippen molar-refractivity contribution in [3.05, 3.63) is 11.1 Å². The molecule has 0 aliphatic heterocycles. The Morgan fingerprint density at radius 1 is 0.833 bits per heavy atom. The van der Waals surface area contributed by atoms with E-state index in [1.807, 2.05) is 0 Å². The summed E-state index contributed by atoms with van der Waals surface area (Å²) in [7, 11) is 0. The van der Waals surface area contributed by atoms with Crippen LogP contribution in [-0.4, -0.2) is 0 Å². The lowest BCUT2D eigenvalue weighted by molar-refractivity contribution is 0.661. The van der Waals surface area contributed by atoms with E-state index in [9.17, 15) is 0 Å². The minimum Gasteiger partial charge on any atom is -0.0747 e. The summed E-state index contributed by atoms with van der Waals surface area (Å²) in [6, 6.07) is 0. The van der Waals surface area contributed by atoms with Gasteiger partial charge in [-0.1, -0.05) is 44.3 Å². The van der Waals surface area contributed by atoms with Crippen LogP contribution < -0.4 is 0 Å². The Labute approximate surface area is 78.1 Å². The van der Waals surface area contributed by atoms with Crippen molar-refractivity contribution in [3.63, 3.8) is 0 Å². The van der Waals surface area contributed by atoms with Gasteiger partial charge in [0.1, 0.15) is 0 Å². The smallest absolute Gasteiger partial charge is 0.0320 e. The molecular weight excluding hydrogens is 144 g/mol. The zero-order chi connectivity index (χ0) is 9.40. The zero-order valence-corrected chi connectivity index (χ0v) is 9.24. The molecule has 0 saturated carbocycles. The van der Waals surface area contributed by atoms with Crippen molar-refractivity contribution in [2.24, 2.45) is 0 Å². The topological polar surface area (TPSA) is 0 Å². The lowest BCUT2D eigenvalue weighted by atomic mass is 10.0. The van der Waals surface area contributed by atoms with E-state index >= 15 is 0 Å². The summed E-state index contributed by atoms with van der Waals surface area (Å²) in [6.07, 6.45) is 8.08. The fourth-order valence-electron chi connectivity index (χ4n) is 1.33. The fourth-order valence-corrected chi connectivity index (χ4v) is 1.33. The summed E-state index contributed by atoms with van der Waals surface area (Å²) in [5.74, 6) is 0. The molecular formula is C12H24.